The number of benzene rings is 1. The Balaban J connectivity index is 2.45. The summed E-state index contributed by atoms with van der Waals surface area (Å²) in [6.07, 6.45) is -3.32. The average Bonchev–Trinajstić information content (AvgIpc) is 2.46. The van der Waals surface area contributed by atoms with E-state index in [1.165, 1.54) is 18.3 Å². The third kappa shape index (κ3) is 3.92. The minimum atomic E-state index is -4.58. The lowest BCUT2D eigenvalue weighted by molar-refractivity contribution is -0.137. The molecule has 0 spiro atoms. The second-order valence-electron chi connectivity index (χ2n) is 4.74. The molecule has 1 aromatic carbocycles. The molecule has 8 heteroatoms. The summed E-state index contributed by atoms with van der Waals surface area (Å²) in [5.74, 6) is -2.67. The van der Waals surface area contributed by atoms with Crippen molar-refractivity contribution in [2.24, 2.45) is 0 Å². The Morgan fingerprint density at radius 1 is 1.22 bits per heavy atom. The van der Waals surface area contributed by atoms with E-state index in [-0.39, 0.29) is 16.5 Å². The third-order valence-corrected chi connectivity index (χ3v) is 3.27. The summed E-state index contributed by atoms with van der Waals surface area (Å²) in [7, 11) is 0. The number of alkyl halides is 3. The highest BCUT2D eigenvalue weighted by molar-refractivity contribution is 6.28. The maximum Gasteiger partial charge on any atom is 0.416 e. The number of hydrogen-bond donors (Lipinski definition) is 0. The highest BCUT2D eigenvalue weighted by atomic mass is 35.5. The largest absolute Gasteiger partial charge is 0.416 e. The first kappa shape index (κ1) is 17.1. The molecule has 0 amide bonds. The van der Waals surface area contributed by atoms with Gasteiger partial charge in [0.15, 0.2) is 5.78 Å². The van der Waals surface area contributed by atoms with Crippen LogP contribution in [0.3, 0.4) is 0 Å². The van der Waals surface area contributed by atoms with E-state index in [2.05, 4.69) is 9.97 Å². The quantitative estimate of drug-likeness (QED) is 0.483. The maximum atomic E-state index is 12.8. The number of carbonyl (C=O) groups excluding carboxylic acids is 2. The van der Waals surface area contributed by atoms with Crippen molar-refractivity contribution in [2.75, 3.05) is 0 Å². The predicted molar refractivity (Wildman–Crippen MR) is 76.2 cm³/mol. The molecule has 4 nitrogen and oxygen atoms in total. The van der Waals surface area contributed by atoms with Crippen molar-refractivity contribution >= 4 is 23.2 Å². The molecule has 2 aromatic rings. The van der Waals surface area contributed by atoms with Crippen molar-refractivity contribution in [3.63, 3.8) is 0 Å². The highest BCUT2D eigenvalue weighted by Gasteiger charge is 2.33. The van der Waals surface area contributed by atoms with Crippen LogP contribution < -0.4 is 0 Å². The number of carbonyl (C=O) groups is 2. The van der Waals surface area contributed by atoms with Gasteiger partial charge < -0.3 is 0 Å². The Labute approximate surface area is 134 Å². The van der Waals surface area contributed by atoms with Gasteiger partial charge in [-0.3, -0.25) is 9.59 Å². The van der Waals surface area contributed by atoms with Crippen LogP contribution in [-0.2, 0) is 11.0 Å². The first-order valence-corrected chi connectivity index (χ1v) is 6.78. The van der Waals surface area contributed by atoms with E-state index < -0.39 is 29.2 Å². The normalized spacial score (nSPS) is 12.7. The summed E-state index contributed by atoms with van der Waals surface area (Å²) in [6.45, 7) is 1.16. The summed E-state index contributed by atoms with van der Waals surface area (Å²) in [4.78, 5) is 31.7. The summed E-state index contributed by atoms with van der Waals surface area (Å²) < 4.78 is 38.3. The van der Waals surface area contributed by atoms with E-state index in [0.29, 0.717) is 6.07 Å². The Hall–Kier alpha value is -2.28. The second-order valence-corrected chi connectivity index (χ2v) is 5.08. The summed E-state index contributed by atoms with van der Waals surface area (Å²) >= 11 is 5.64. The van der Waals surface area contributed by atoms with E-state index >= 15 is 0 Å². The van der Waals surface area contributed by atoms with Crippen LogP contribution >= 0.6 is 11.6 Å². The fraction of sp³-hybridized carbons (Fsp3) is 0.200. The van der Waals surface area contributed by atoms with Crippen LogP contribution in [0.15, 0.2) is 36.5 Å². The van der Waals surface area contributed by atoms with Gasteiger partial charge in [-0.15, -0.1) is 0 Å². The lowest BCUT2D eigenvalue weighted by atomic mass is 9.90. The van der Waals surface area contributed by atoms with Gasteiger partial charge in [-0.25, -0.2) is 9.97 Å². The fourth-order valence-corrected chi connectivity index (χ4v) is 2.21. The molecule has 0 bridgehead atoms. The van der Waals surface area contributed by atoms with Gasteiger partial charge in [-0.05, 0) is 36.7 Å². The molecule has 0 radical (unpaired) electrons. The third-order valence-electron chi connectivity index (χ3n) is 3.09. The van der Waals surface area contributed by atoms with Gasteiger partial charge >= 0.3 is 6.18 Å². The average molecular weight is 343 g/mol. The molecule has 0 aliphatic carbocycles. The van der Waals surface area contributed by atoms with Crippen LogP contribution in [0.4, 0.5) is 13.2 Å². The SMILES string of the molecule is CC(=O)C(C(=O)c1cccc(C(F)(F)F)c1)c1ccnc(Cl)n1. The number of rotatable bonds is 4. The molecule has 1 heterocycles. The standard InChI is InChI=1S/C15H10ClF3N2O2/c1-8(22)12(11-5-6-20-14(16)21-11)13(23)9-3-2-4-10(7-9)15(17,18)19/h2-7,12H,1H3. The smallest absolute Gasteiger partial charge is 0.299 e. The molecule has 1 aromatic heterocycles. The lowest BCUT2D eigenvalue weighted by Gasteiger charge is -2.14. The summed E-state index contributed by atoms with van der Waals surface area (Å²) in [6, 6.07) is 5.21. The summed E-state index contributed by atoms with van der Waals surface area (Å²) in [5, 5.41) is -0.161. The number of halogens is 4. The van der Waals surface area contributed by atoms with Crippen LogP contribution in [0.5, 0.6) is 0 Å². The Morgan fingerprint density at radius 2 is 1.91 bits per heavy atom. The molecule has 23 heavy (non-hydrogen) atoms. The predicted octanol–water partition coefficient (Wildman–Crippen LogP) is 3.70. The zero-order chi connectivity index (χ0) is 17.2. The van der Waals surface area contributed by atoms with Crippen molar-refractivity contribution in [3.8, 4) is 0 Å². The Bertz CT molecular complexity index is 762. The van der Waals surface area contributed by atoms with E-state index in [1.807, 2.05) is 0 Å². The van der Waals surface area contributed by atoms with Gasteiger partial charge in [0.2, 0.25) is 5.28 Å². The van der Waals surface area contributed by atoms with Crippen LogP contribution in [-0.4, -0.2) is 21.5 Å². The van der Waals surface area contributed by atoms with Crippen molar-refractivity contribution in [1.29, 1.82) is 0 Å². The molecule has 0 saturated carbocycles. The maximum absolute atomic E-state index is 12.8. The molecule has 0 aliphatic rings. The monoisotopic (exact) mass is 342 g/mol. The van der Waals surface area contributed by atoms with Gasteiger partial charge in [0.25, 0.3) is 0 Å². The second kappa shape index (κ2) is 6.45. The van der Waals surface area contributed by atoms with Gasteiger partial charge in [-0.2, -0.15) is 13.2 Å². The number of hydrogen-bond acceptors (Lipinski definition) is 4. The lowest BCUT2D eigenvalue weighted by Crippen LogP contribution is -2.22. The molecule has 1 atom stereocenters. The van der Waals surface area contributed by atoms with Crippen molar-refractivity contribution in [1.82, 2.24) is 9.97 Å². The molecule has 1 unspecified atom stereocenters. The Morgan fingerprint density at radius 3 is 2.48 bits per heavy atom. The van der Waals surface area contributed by atoms with E-state index in [4.69, 9.17) is 11.6 Å². The topological polar surface area (TPSA) is 59.9 Å². The number of nitrogens with zero attached hydrogens (tertiary/aromatic N) is 2. The molecular weight excluding hydrogens is 333 g/mol. The minimum Gasteiger partial charge on any atom is -0.299 e. The van der Waals surface area contributed by atoms with Crippen molar-refractivity contribution in [3.05, 3.63) is 58.6 Å². The molecule has 120 valence electrons. The zero-order valence-corrected chi connectivity index (χ0v) is 12.5. The van der Waals surface area contributed by atoms with Gasteiger partial charge in [0, 0.05) is 11.8 Å². The number of Topliss-reactive ketones (excluding diaryl/α,β-unsaturated/α-hetero) is 2. The number of ketones is 2. The number of aromatic nitrogens is 2. The van der Waals surface area contributed by atoms with Gasteiger partial charge in [0.1, 0.15) is 11.7 Å². The minimum absolute atomic E-state index is 0.0416. The van der Waals surface area contributed by atoms with Crippen LogP contribution in [0, 0.1) is 0 Å². The first-order valence-electron chi connectivity index (χ1n) is 6.40. The van der Waals surface area contributed by atoms with Gasteiger partial charge in [-0.1, -0.05) is 12.1 Å². The highest BCUT2D eigenvalue weighted by Crippen LogP contribution is 2.31. The molecule has 2 rings (SSSR count). The fourth-order valence-electron chi connectivity index (χ4n) is 2.05. The van der Waals surface area contributed by atoms with Gasteiger partial charge in [0.05, 0.1) is 11.3 Å². The van der Waals surface area contributed by atoms with Crippen molar-refractivity contribution < 1.29 is 22.8 Å². The molecule has 0 saturated heterocycles. The molecule has 0 aliphatic heterocycles. The summed E-state index contributed by atoms with van der Waals surface area (Å²) in [5.41, 5.74) is -1.15. The Kier molecular flexibility index (Phi) is 4.79. The van der Waals surface area contributed by atoms with Crippen LogP contribution in [0.1, 0.15) is 34.5 Å². The molecular formula is C15H10ClF3N2O2. The van der Waals surface area contributed by atoms with Crippen LogP contribution in [0.25, 0.3) is 0 Å². The van der Waals surface area contributed by atoms with E-state index in [0.717, 1.165) is 19.1 Å². The molecule has 0 fully saturated rings. The van der Waals surface area contributed by atoms with E-state index in [1.54, 1.807) is 0 Å². The first-order chi connectivity index (χ1) is 10.7. The van der Waals surface area contributed by atoms with Crippen molar-refractivity contribution in [2.45, 2.75) is 19.0 Å². The van der Waals surface area contributed by atoms with E-state index in [9.17, 15) is 22.8 Å². The zero-order valence-electron chi connectivity index (χ0n) is 11.8. The molecule has 0 N–H and O–H groups in total. The van der Waals surface area contributed by atoms with Crippen LogP contribution in [0.2, 0.25) is 5.28 Å².